The van der Waals surface area contributed by atoms with Crippen molar-refractivity contribution < 1.29 is 5.11 Å². The van der Waals surface area contributed by atoms with Gasteiger partial charge in [-0.2, -0.15) is 0 Å². The van der Waals surface area contributed by atoms with Gasteiger partial charge in [0.15, 0.2) is 0 Å². The van der Waals surface area contributed by atoms with Gasteiger partial charge in [0.1, 0.15) is 6.10 Å². The van der Waals surface area contributed by atoms with E-state index in [0.717, 1.165) is 27.6 Å². The standard InChI is InChI=1S/C18H17NO/c1-12-6-3-7-14(13(12)2)18(20)16-8-4-10-17-15(16)9-5-11-19-17/h3-11,18,20H,1-2H3. The summed E-state index contributed by atoms with van der Waals surface area (Å²) < 4.78 is 0. The second-order valence-corrected chi connectivity index (χ2v) is 5.11. The van der Waals surface area contributed by atoms with Crippen LogP contribution in [0.2, 0.25) is 0 Å². The van der Waals surface area contributed by atoms with E-state index in [1.54, 1.807) is 6.20 Å². The summed E-state index contributed by atoms with van der Waals surface area (Å²) in [5.74, 6) is 0. The molecule has 2 nitrogen and oxygen atoms in total. The number of hydrogen-bond acceptors (Lipinski definition) is 2. The van der Waals surface area contributed by atoms with Crippen LogP contribution in [0.25, 0.3) is 10.9 Å². The van der Waals surface area contributed by atoms with Crippen molar-refractivity contribution in [3.05, 3.63) is 77.0 Å². The monoisotopic (exact) mass is 263 g/mol. The van der Waals surface area contributed by atoms with E-state index < -0.39 is 6.10 Å². The Labute approximate surface area is 118 Å². The maximum absolute atomic E-state index is 10.8. The molecule has 1 atom stereocenters. The maximum Gasteiger partial charge on any atom is 0.105 e. The Bertz CT molecular complexity index is 759. The number of aliphatic hydroxyl groups is 1. The fraction of sp³-hybridized carbons (Fsp3) is 0.167. The van der Waals surface area contributed by atoms with Crippen LogP contribution < -0.4 is 0 Å². The van der Waals surface area contributed by atoms with Crippen LogP contribution in [-0.2, 0) is 0 Å². The highest BCUT2D eigenvalue weighted by Crippen LogP contribution is 2.30. The summed E-state index contributed by atoms with van der Waals surface area (Å²) in [4.78, 5) is 4.35. The van der Waals surface area contributed by atoms with Crippen LogP contribution in [0.5, 0.6) is 0 Å². The van der Waals surface area contributed by atoms with Gasteiger partial charge < -0.3 is 5.11 Å². The molecule has 0 bridgehead atoms. The molecule has 0 spiro atoms. The molecule has 0 aliphatic heterocycles. The lowest BCUT2D eigenvalue weighted by Gasteiger charge is -2.17. The third kappa shape index (κ3) is 2.08. The van der Waals surface area contributed by atoms with Gasteiger partial charge in [0.05, 0.1) is 5.52 Å². The zero-order chi connectivity index (χ0) is 14.1. The van der Waals surface area contributed by atoms with Gasteiger partial charge in [-0.1, -0.05) is 36.4 Å². The van der Waals surface area contributed by atoms with Gasteiger partial charge >= 0.3 is 0 Å². The minimum absolute atomic E-state index is 0.622. The molecular weight excluding hydrogens is 246 g/mol. The summed E-state index contributed by atoms with van der Waals surface area (Å²) in [6, 6.07) is 15.8. The number of aliphatic hydroxyl groups excluding tert-OH is 1. The molecule has 3 aromatic rings. The van der Waals surface area contributed by atoms with E-state index in [-0.39, 0.29) is 0 Å². The number of aryl methyl sites for hydroxylation is 1. The lowest BCUT2D eigenvalue weighted by Crippen LogP contribution is -2.04. The summed E-state index contributed by atoms with van der Waals surface area (Å²) in [5, 5.41) is 11.8. The van der Waals surface area contributed by atoms with Gasteiger partial charge in [0.25, 0.3) is 0 Å². The zero-order valence-corrected chi connectivity index (χ0v) is 11.7. The number of nitrogens with zero attached hydrogens (tertiary/aromatic N) is 1. The molecule has 1 unspecified atom stereocenters. The molecule has 2 heteroatoms. The second-order valence-electron chi connectivity index (χ2n) is 5.11. The van der Waals surface area contributed by atoms with Gasteiger partial charge in [-0.05, 0) is 48.2 Å². The van der Waals surface area contributed by atoms with Crippen LogP contribution in [0.15, 0.2) is 54.7 Å². The molecule has 100 valence electrons. The van der Waals surface area contributed by atoms with Gasteiger partial charge in [-0.3, -0.25) is 4.98 Å². The molecule has 0 fully saturated rings. The van der Waals surface area contributed by atoms with Crippen molar-refractivity contribution in [1.29, 1.82) is 0 Å². The fourth-order valence-electron chi connectivity index (χ4n) is 2.60. The molecule has 0 saturated heterocycles. The normalized spacial score (nSPS) is 12.6. The Morgan fingerprint density at radius 1 is 0.900 bits per heavy atom. The zero-order valence-electron chi connectivity index (χ0n) is 11.7. The first-order chi connectivity index (χ1) is 9.68. The summed E-state index contributed by atoms with van der Waals surface area (Å²) in [6.45, 7) is 4.12. The molecule has 2 aromatic carbocycles. The number of fused-ring (bicyclic) bond motifs is 1. The number of rotatable bonds is 2. The number of aromatic nitrogens is 1. The lowest BCUT2D eigenvalue weighted by atomic mass is 9.93. The molecule has 20 heavy (non-hydrogen) atoms. The largest absolute Gasteiger partial charge is 0.384 e. The molecule has 1 aromatic heterocycles. The van der Waals surface area contributed by atoms with Crippen molar-refractivity contribution >= 4 is 10.9 Å². The van der Waals surface area contributed by atoms with Gasteiger partial charge in [0, 0.05) is 11.6 Å². The molecule has 1 heterocycles. The average Bonchev–Trinajstić information content (AvgIpc) is 2.49. The molecular formula is C18H17NO. The highest BCUT2D eigenvalue weighted by Gasteiger charge is 2.16. The molecule has 0 aliphatic rings. The first-order valence-corrected chi connectivity index (χ1v) is 6.76. The van der Waals surface area contributed by atoms with E-state index in [0.29, 0.717) is 0 Å². The van der Waals surface area contributed by atoms with E-state index in [1.165, 1.54) is 5.56 Å². The first-order valence-electron chi connectivity index (χ1n) is 6.76. The topological polar surface area (TPSA) is 33.1 Å². The Hall–Kier alpha value is -2.19. The van der Waals surface area contributed by atoms with Crippen LogP contribution in [0, 0.1) is 13.8 Å². The second kappa shape index (κ2) is 5.06. The van der Waals surface area contributed by atoms with Crippen molar-refractivity contribution in [3.8, 4) is 0 Å². The van der Waals surface area contributed by atoms with Crippen molar-refractivity contribution in [3.63, 3.8) is 0 Å². The minimum Gasteiger partial charge on any atom is -0.384 e. The quantitative estimate of drug-likeness (QED) is 0.760. The van der Waals surface area contributed by atoms with Crippen molar-refractivity contribution in [2.24, 2.45) is 0 Å². The maximum atomic E-state index is 10.8. The number of hydrogen-bond donors (Lipinski definition) is 1. The molecule has 0 aliphatic carbocycles. The predicted molar refractivity (Wildman–Crippen MR) is 81.7 cm³/mol. The van der Waals surface area contributed by atoms with E-state index in [9.17, 15) is 5.11 Å². The summed E-state index contributed by atoms with van der Waals surface area (Å²) in [5.41, 5.74) is 5.11. The molecule has 0 radical (unpaired) electrons. The highest BCUT2D eigenvalue weighted by molar-refractivity contribution is 5.82. The van der Waals surface area contributed by atoms with Crippen LogP contribution in [-0.4, -0.2) is 10.1 Å². The number of pyridine rings is 1. The SMILES string of the molecule is Cc1cccc(C(O)c2cccc3ncccc23)c1C. The van der Waals surface area contributed by atoms with Crippen LogP contribution >= 0.6 is 0 Å². The summed E-state index contributed by atoms with van der Waals surface area (Å²) >= 11 is 0. The minimum atomic E-state index is -0.622. The smallest absolute Gasteiger partial charge is 0.105 e. The van der Waals surface area contributed by atoms with E-state index in [4.69, 9.17) is 0 Å². The van der Waals surface area contributed by atoms with Crippen molar-refractivity contribution in [1.82, 2.24) is 4.98 Å². The van der Waals surface area contributed by atoms with Crippen LogP contribution in [0.4, 0.5) is 0 Å². The Morgan fingerprint density at radius 2 is 1.65 bits per heavy atom. The highest BCUT2D eigenvalue weighted by atomic mass is 16.3. The summed E-state index contributed by atoms with van der Waals surface area (Å²) in [6.07, 6.45) is 1.15. The summed E-state index contributed by atoms with van der Waals surface area (Å²) in [7, 11) is 0. The fourth-order valence-corrected chi connectivity index (χ4v) is 2.60. The van der Waals surface area contributed by atoms with E-state index in [1.807, 2.05) is 42.5 Å². The molecule has 0 saturated carbocycles. The van der Waals surface area contributed by atoms with Gasteiger partial charge in [0.2, 0.25) is 0 Å². The van der Waals surface area contributed by atoms with Crippen molar-refractivity contribution in [2.45, 2.75) is 20.0 Å². The van der Waals surface area contributed by atoms with Crippen molar-refractivity contribution in [2.75, 3.05) is 0 Å². The Balaban J connectivity index is 2.18. The van der Waals surface area contributed by atoms with E-state index in [2.05, 4.69) is 24.9 Å². The Kier molecular flexibility index (Phi) is 3.25. The third-order valence-corrected chi connectivity index (χ3v) is 3.92. The van der Waals surface area contributed by atoms with E-state index >= 15 is 0 Å². The average molecular weight is 263 g/mol. The molecule has 1 N–H and O–H groups in total. The predicted octanol–water partition coefficient (Wildman–Crippen LogP) is 3.93. The molecule has 0 amide bonds. The third-order valence-electron chi connectivity index (χ3n) is 3.92. The van der Waals surface area contributed by atoms with Gasteiger partial charge in [-0.25, -0.2) is 0 Å². The lowest BCUT2D eigenvalue weighted by molar-refractivity contribution is 0.221. The van der Waals surface area contributed by atoms with Crippen LogP contribution in [0.3, 0.4) is 0 Å². The number of benzene rings is 2. The van der Waals surface area contributed by atoms with Gasteiger partial charge in [-0.15, -0.1) is 0 Å². The Morgan fingerprint density at radius 3 is 2.50 bits per heavy atom. The first kappa shape index (κ1) is 12.8. The van der Waals surface area contributed by atoms with Crippen LogP contribution in [0.1, 0.15) is 28.4 Å². The molecule has 3 rings (SSSR count).